The molecule has 1 heterocycles. The van der Waals surface area contributed by atoms with Crippen molar-refractivity contribution in [3.8, 4) is 0 Å². The molecule has 6 heteroatoms. The van der Waals surface area contributed by atoms with E-state index in [1.807, 2.05) is 18.2 Å². The Morgan fingerprint density at radius 2 is 1.62 bits per heavy atom. The number of hydrogen-bond donors (Lipinski definition) is 2. The van der Waals surface area contributed by atoms with E-state index in [2.05, 4.69) is 40.7 Å². The third-order valence-corrected chi connectivity index (χ3v) is 3.86. The summed E-state index contributed by atoms with van der Waals surface area (Å²) in [6, 6.07) is 17.1. The molecular weight excluding hydrogens is 331 g/mol. The third kappa shape index (κ3) is 4.03. The quantitative estimate of drug-likeness (QED) is 0.698. The van der Waals surface area contributed by atoms with Crippen molar-refractivity contribution in [1.29, 1.82) is 0 Å². The molecule has 0 unspecified atom stereocenters. The van der Waals surface area contributed by atoms with Crippen molar-refractivity contribution >= 4 is 23.1 Å². The van der Waals surface area contributed by atoms with E-state index in [4.69, 9.17) is 0 Å². The highest BCUT2D eigenvalue weighted by Crippen LogP contribution is 2.26. The number of carbonyl (C=O) groups is 1. The molecule has 0 aliphatic carbocycles. The van der Waals surface area contributed by atoms with Gasteiger partial charge in [0.2, 0.25) is 0 Å². The number of nitrogens with one attached hydrogen (secondary N) is 2. The molecule has 2 aromatic carbocycles. The maximum absolute atomic E-state index is 13.6. The van der Waals surface area contributed by atoms with E-state index in [0.29, 0.717) is 11.7 Å². The van der Waals surface area contributed by atoms with Crippen molar-refractivity contribution in [1.82, 2.24) is 10.2 Å². The Hall–Kier alpha value is -3.28. The molecule has 5 nitrogen and oxygen atoms in total. The summed E-state index contributed by atoms with van der Waals surface area (Å²) < 4.78 is 13.6. The Labute approximate surface area is 151 Å². The topological polar surface area (TPSA) is 66.9 Å². The van der Waals surface area contributed by atoms with Crippen molar-refractivity contribution in [2.75, 3.05) is 10.6 Å². The van der Waals surface area contributed by atoms with Crippen LogP contribution in [0.15, 0.2) is 60.7 Å². The minimum absolute atomic E-state index is 0.104. The van der Waals surface area contributed by atoms with Crippen molar-refractivity contribution in [3.05, 3.63) is 77.7 Å². The Balaban J connectivity index is 1.73. The van der Waals surface area contributed by atoms with Crippen LogP contribution in [0, 0.1) is 5.82 Å². The predicted molar refractivity (Wildman–Crippen MR) is 100 cm³/mol. The van der Waals surface area contributed by atoms with Gasteiger partial charge in [-0.25, -0.2) is 4.39 Å². The fourth-order valence-corrected chi connectivity index (χ4v) is 2.52. The van der Waals surface area contributed by atoms with Gasteiger partial charge >= 0.3 is 0 Å². The summed E-state index contributed by atoms with van der Waals surface area (Å²) in [6.45, 7) is 4.23. The zero-order valence-electron chi connectivity index (χ0n) is 14.5. The van der Waals surface area contributed by atoms with Gasteiger partial charge in [0.25, 0.3) is 5.91 Å². The number of anilines is 3. The second-order valence-electron chi connectivity index (χ2n) is 6.10. The van der Waals surface area contributed by atoms with E-state index in [9.17, 15) is 9.18 Å². The van der Waals surface area contributed by atoms with Gasteiger partial charge in [-0.05, 0) is 41.8 Å². The number of amides is 1. The number of halogens is 1. The van der Waals surface area contributed by atoms with E-state index < -0.39 is 11.7 Å². The molecule has 0 atom stereocenters. The van der Waals surface area contributed by atoms with Gasteiger partial charge in [-0.3, -0.25) is 4.79 Å². The number of aromatic nitrogens is 2. The first-order valence-electron chi connectivity index (χ1n) is 8.30. The summed E-state index contributed by atoms with van der Waals surface area (Å²) in [5.74, 6) is -0.132. The van der Waals surface area contributed by atoms with Gasteiger partial charge in [-0.2, -0.15) is 0 Å². The Bertz CT molecular complexity index is 910. The van der Waals surface area contributed by atoms with E-state index >= 15 is 0 Å². The van der Waals surface area contributed by atoms with Gasteiger partial charge in [0.1, 0.15) is 5.82 Å². The summed E-state index contributed by atoms with van der Waals surface area (Å²) in [6.07, 6.45) is 0. The number of para-hydroxylation sites is 2. The van der Waals surface area contributed by atoms with Gasteiger partial charge in [0.15, 0.2) is 11.5 Å². The van der Waals surface area contributed by atoms with Crippen LogP contribution < -0.4 is 10.6 Å². The molecule has 26 heavy (non-hydrogen) atoms. The number of benzene rings is 2. The van der Waals surface area contributed by atoms with Gasteiger partial charge < -0.3 is 10.6 Å². The molecule has 3 rings (SSSR count). The molecule has 0 saturated heterocycles. The molecule has 3 aromatic rings. The van der Waals surface area contributed by atoms with Gasteiger partial charge in [-0.1, -0.05) is 44.2 Å². The van der Waals surface area contributed by atoms with Gasteiger partial charge in [0, 0.05) is 5.69 Å². The average Bonchev–Trinajstić information content (AvgIpc) is 2.64. The van der Waals surface area contributed by atoms with E-state index in [1.54, 1.807) is 24.3 Å². The van der Waals surface area contributed by atoms with Gasteiger partial charge in [-0.15, -0.1) is 10.2 Å². The number of hydrogen-bond acceptors (Lipinski definition) is 4. The molecule has 0 aliphatic heterocycles. The smallest absolute Gasteiger partial charge is 0.276 e. The first-order chi connectivity index (χ1) is 12.5. The maximum Gasteiger partial charge on any atom is 0.276 e. The normalized spacial score (nSPS) is 10.6. The molecule has 0 radical (unpaired) electrons. The largest absolute Gasteiger partial charge is 0.338 e. The summed E-state index contributed by atoms with van der Waals surface area (Å²) in [7, 11) is 0. The van der Waals surface area contributed by atoms with E-state index in [-0.39, 0.29) is 11.4 Å². The van der Waals surface area contributed by atoms with Crippen molar-refractivity contribution in [3.63, 3.8) is 0 Å². The molecule has 0 bridgehead atoms. The molecule has 1 aromatic heterocycles. The van der Waals surface area contributed by atoms with Crippen LogP contribution in [0.5, 0.6) is 0 Å². The zero-order chi connectivity index (χ0) is 18.5. The van der Waals surface area contributed by atoms with Crippen LogP contribution in [0.2, 0.25) is 0 Å². The average molecular weight is 350 g/mol. The number of carbonyl (C=O) groups excluding carboxylic acids is 1. The molecule has 2 N–H and O–H groups in total. The highest BCUT2D eigenvalue weighted by Gasteiger charge is 2.12. The summed E-state index contributed by atoms with van der Waals surface area (Å²) >= 11 is 0. The minimum atomic E-state index is -0.517. The predicted octanol–water partition coefficient (Wildman–Crippen LogP) is 4.74. The molecule has 1 amide bonds. The molecule has 0 aliphatic rings. The lowest BCUT2D eigenvalue weighted by Crippen LogP contribution is -2.15. The van der Waals surface area contributed by atoms with Crippen LogP contribution >= 0.6 is 0 Å². The zero-order valence-corrected chi connectivity index (χ0v) is 14.5. The second-order valence-corrected chi connectivity index (χ2v) is 6.10. The maximum atomic E-state index is 13.6. The number of nitrogens with zero attached hydrogens (tertiary/aromatic N) is 2. The second kappa shape index (κ2) is 7.74. The lowest BCUT2D eigenvalue weighted by atomic mass is 10.0. The van der Waals surface area contributed by atoms with Crippen LogP contribution in [-0.2, 0) is 0 Å². The van der Waals surface area contributed by atoms with E-state index in [1.165, 1.54) is 12.1 Å². The minimum Gasteiger partial charge on any atom is -0.338 e. The van der Waals surface area contributed by atoms with Crippen molar-refractivity contribution in [2.24, 2.45) is 0 Å². The lowest BCUT2D eigenvalue weighted by Gasteiger charge is -2.13. The Kier molecular flexibility index (Phi) is 5.22. The highest BCUT2D eigenvalue weighted by molar-refractivity contribution is 6.02. The van der Waals surface area contributed by atoms with Crippen LogP contribution in [0.3, 0.4) is 0 Å². The summed E-state index contributed by atoms with van der Waals surface area (Å²) in [4.78, 5) is 12.2. The molecular formula is C20H19FN4O. The molecule has 132 valence electrons. The first kappa shape index (κ1) is 17.5. The Morgan fingerprint density at radius 1 is 0.923 bits per heavy atom. The number of rotatable bonds is 5. The van der Waals surface area contributed by atoms with Crippen molar-refractivity contribution < 1.29 is 9.18 Å². The molecule has 0 spiro atoms. The molecule has 0 fully saturated rings. The highest BCUT2D eigenvalue weighted by atomic mass is 19.1. The van der Waals surface area contributed by atoms with Gasteiger partial charge in [0.05, 0.1) is 5.69 Å². The van der Waals surface area contributed by atoms with E-state index in [0.717, 1.165) is 11.3 Å². The molecule has 0 saturated carbocycles. The SMILES string of the molecule is CC(C)c1ccccc1Nc1ccc(C(=O)Nc2ccccc2F)nn1. The van der Waals surface area contributed by atoms with Crippen LogP contribution in [0.25, 0.3) is 0 Å². The van der Waals surface area contributed by atoms with Crippen molar-refractivity contribution in [2.45, 2.75) is 19.8 Å². The van der Waals surface area contributed by atoms with Crippen LogP contribution in [0.1, 0.15) is 35.8 Å². The first-order valence-corrected chi connectivity index (χ1v) is 8.30. The lowest BCUT2D eigenvalue weighted by molar-refractivity contribution is 0.102. The standard InChI is InChI=1S/C20H19FN4O/c1-13(2)14-7-3-5-9-16(14)22-19-12-11-18(24-25-19)20(26)23-17-10-6-4-8-15(17)21/h3-13H,1-2H3,(H,22,25)(H,23,26). The summed E-state index contributed by atoms with van der Waals surface area (Å²) in [5, 5.41) is 13.7. The monoisotopic (exact) mass is 350 g/mol. The summed E-state index contributed by atoms with van der Waals surface area (Å²) in [5.41, 5.74) is 2.32. The third-order valence-electron chi connectivity index (χ3n) is 3.86. The van der Waals surface area contributed by atoms with Crippen LogP contribution in [0.4, 0.5) is 21.6 Å². The Morgan fingerprint density at radius 3 is 2.27 bits per heavy atom. The fourth-order valence-electron chi connectivity index (χ4n) is 2.52. The fraction of sp³-hybridized carbons (Fsp3) is 0.150. The van der Waals surface area contributed by atoms with Crippen LogP contribution in [-0.4, -0.2) is 16.1 Å².